The number of hydrogen-bond acceptors (Lipinski definition) is 3. The normalized spacial score (nSPS) is 10.1. The lowest BCUT2D eigenvalue weighted by molar-refractivity contribution is 0.995. The van der Waals surface area contributed by atoms with Crippen LogP contribution in [0, 0.1) is 6.92 Å². The van der Waals surface area contributed by atoms with Gasteiger partial charge in [-0.2, -0.15) is 0 Å². The minimum absolute atomic E-state index is 0.706. The van der Waals surface area contributed by atoms with Crippen LogP contribution >= 0.6 is 0 Å². The molecule has 0 aliphatic rings. The molecule has 0 atom stereocenters. The van der Waals surface area contributed by atoms with Gasteiger partial charge in [0.15, 0.2) is 0 Å². The van der Waals surface area contributed by atoms with Crippen molar-refractivity contribution in [3.63, 3.8) is 0 Å². The fourth-order valence-electron chi connectivity index (χ4n) is 1.25. The summed E-state index contributed by atoms with van der Waals surface area (Å²) < 4.78 is 0. The highest BCUT2D eigenvalue weighted by atomic mass is 15.0. The smallest absolute Gasteiger partial charge is 0.125 e. The van der Waals surface area contributed by atoms with Gasteiger partial charge in [0.05, 0.1) is 6.54 Å². The monoisotopic (exact) mass is 188 g/mol. The second-order valence-corrected chi connectivity index (χ2v) is 3.08. The van der Waals surface area contributed by atoms with Crippen LogP contribution in [-0.2, 0) is 6.54 Å². The molecule has 0 saturated heterocycles. The molecule has 0 aliphatic heterocycles. The Hall–Kier alpha value is -1.84. The SMILES string of the molecule is Cc1cnccc1NCc1ncc[nH]1. The molecule has 0 fully saturated rings. The van der Waals surface area contributed by atoms with E-state index in [1.54, 1.807) is 12.4 Å². The van der Waals surface area contributed by atoms with Crippen LogP contribution in [0.25, 0.3) is 0 Å². The number of imidazole rings is 1. The van der Waals surface area contributed by atoms with Crippen molar-refractivity contribution in [2.24, 2.45) is 0 Å². The summed E-state index contributed by atoms with van der Waals surface area (Å²) in [5, 5.41) is 3.28. The Labute approximate surface area is 82.4 Å². The van der Waals surface area contributed by atoms with E-state index in [0.29, 0.717) is 6.54 Å². The Morgan fingerprint density at radius 2 is 2.36 bits per heavy atom. The van der Waals surface area contributed by atoms with Gasteiger partial charge < -0.3 is 10.3 Å². The fourth-order valence-corrected chi connectivity index (χ4v) is 1.25. The number of aromatic nitrogens is 3. The quantitative estimate of drug-likeness (QED) is 0.771. The standard InChI is InChI=1S/C10H12N4/c1-8-6-11-3-2-9(8)14-7-10-12-4-5-13-10/h2-6H,7H2,1H3,(H,11,14)(H,12,13). The van der Waals surface area contributed by atoms with Gasteiger partial charge in [-0.15, -0.1) is 0 Å². The maximum absolute atomic E-state index is 4.13. The van der Waals surface area contributed by atoms with Crippen LogP contribution in [0.4, 0.5) is 5.69 Å². The lowest BCUT2D eigenvalue weighted by atomic mass is 10.2. The van der Waals surface area contributed by atoms with Crippen molar-refractivity contribution in [1.82, 2.24) is 15.0 Å². The van der Waals surface area contributed by atoms with Crippen LogP contribution < -0.4 is 5.32 Å². The van der Waals surface area contributed by atoms with Crippen molar-refractivity contribution in [1.29, 1.82) is 0 Å². The van der Waals surface area contributed by atoms with Crippen molar-refractivity contribution >= 4 is 5.69 Å². The van der Waals surface area contributed by atoms with Gasteiger partial charge in [-0.05, 0) is 18.6 Å². The van der Waals surface area contributed by atoms with Crippen molar-refractivity contribution < 1.29 is 0 Å². The molecule has 0 amide bonds. The van der Waals surface area contributed by atoms with Crippen LogP contribution in [-0.4, -0.2) is 15.0 Å². The first-order valence-electron chi connectivity index (χ1n) is 4.49. The molecular formula is C10H12N4. The van der Waals surface area contributed by atoms with Crippen LogP contribution in [0.5, 0.6) is 0 Å². The van der Waals surface area contributed by atoms with E-state index in [-0.39, 0.29) is 0 Å². The summed E-state index contributed by atoms with van der Waals surface area (Å²) in [6, 6.07) is 1.96. The molecule has 0 saturated carbocycles. The Kier molecular flexibility index (Phi) is 2.44. The molecule has 0 aliphatic carbocycles. The van der Waals surface area contributed by atoms with Crippen molar-refractivity contribution in [3.8, 4) is 0 Å². The molecule has 4 heteroatoms. The van der Waals surface area contributed by atoms with E-state index in [2.05, 4.69) is 20.3 Å². The maximum Gasteiger partial charge on any atom is 0.125 e. The molecule has 2 aromatic rings. The number of H-pyrrole nitrogens is 1. The molecule has 0 radical (unpaired) electrons. The predicted molar refractivity (Wildman–Crippen MR) is 54.9 cm³/mol. The zero-order valence-corrected chi connectivity index (χ0v) is 7.99. The molecular weight excluding hydrogens is 176 g/mol. The van der Waals surface area contributed by atoms with Gasteiger partial charge in [0.25, 0.3) is 0 Å². The van der Waals surface area contributed by atoms with E-state index < -0.39 is 0 Å². The number of rotatable bonds is 3. The Morgan fingerprint density at radius 3 is 3.07 bits per heavy atom. The highest BCUT2D eigenvalue weighted by Gasteiger charge is 1.97. The molecule has 72 valence electrons. The number of aryl methyl sites for hydroxylation is 1. The molecule has 2 aromatic heterocycles. The van der Waals surface area contributed by atoms with Crippen LogP contribution in [0.2, 0.25) is 0 Å². The molecule has 14 heavy (non-hydrogen) atoms. The number of aromatic amines is 1. The van der Waals surface area contributed by atoms with E-state index in [9.17, 15) is 0 Å². The largest absolute Gasteiger partial charge is 0.378 e. The molecule has 0 bridgehead atoms. The third-order valence-corrected chi connectivity index (χ3v) is 2.02. The average molecular weight is 188 g/mol. The minimum atomic E-state index is 0.706. The summed E-state index contributed by atoms with van der Waals surface area (Å²) in [4.78, 5) is 11.2. The summed E-state index contributed by atoms with van der Waals surface area (Å²) in [6.07, 6.45) is 7.18. The zero-order valence-electron chi connectivity index (χ0n) is 7.99. The van der Waals surface area contributed by atoms with E-state index >= 15 is 0 Å². The predicted octanol–water partition coefficient (Wildman–Crippen LogP) is 1.73. The number of hydrogen-bond donors (Lipinski definition) is 2. The number of anilines is 1. The van der Waals surface area contributed by atoms with Crippen molar-refractivity contribution in [3.05, 3.63) is 42.2 Å². The first kappa shape index (κ1) is 8.74. The third-order valence-electron chi connectivity index (χ3n) is 2.02. The Balaban J connectivity index is 2.02. The highest BCUT2D eigenvalue weighted by Crippen LogP contribution is 2.11. The third kappa shape index (κ3) is 1.90. The molecule has 0 spiro atoms. The maximum atomic E-state index is 4.13. The number of pyridine rings is 1. The zero-order chi connectivity index (χ0) is 9.80. The first-order chi connectivity index (χ1) is 6.86. The molecule has 4 nitrogen and oxygen atoms in total. The van der Waals surface area contributed by atoms with Crippen molar-refractivity contribution in [2.75, 3.05) is 5.32 Å². The summed E-state index contributed by atoms with van der Waals surface area (Å²) in [5.41, 5.74) is 2.23. The lowest BCUT2D eigenvalue weighted by Crippen LogP contribution is -2.02. The van der Waals surface area contributed by atoms with Gasteiger partial charge in [0.2, 0.25) is 0 Å². The average Bonchev–Trinajstić information content (AvgIpc) is 2.69. The molecule has 0 aromatic carbocycles. The molecule has 2 heterocycles. The van der Waals surface area contributed by atoms with Gasteiger partial charge >= 0.3 is 0 Å². The lowest BCUT2D eigenvalue weighted by Gasteiger charge is -2.06. The second kappa shape index (κ2) is 3.91. The Bertz CT molecular complexity index is 394. The molecule has 2 rings (SSSR count). The summed E-state index contributed by atoms with van der Waals surface area (Å²) in [7, 11) is 0. The summed E-state index contributed by atoms with van der Waals surface area (Å²) in [5.74, 6) is 0.932. The fraction of sp³-hybridized carbons (Fsp3) is 0.200. The molecule has 2 N–H and O–H groups in total. The van der Waals surface area contributed by atoms with E-state index in [0.717, 1.165) is 17.1 Å². The van der Waals surface area contributed by atoms with E-state index in [4.69, 9.17) is 0 Å². The Morgan fingerprint density at radius 1 is 1.43 bits per heavy atom. The van der Waals surface area contributed by atoms with Crippen LogP contribution in [0.1, 0.15) is 11.4 Å². The van der Waals surface area contributed by atoms with Crippen molar-refractivity contribution in [2.45, 2.75) is 13.5 Å². The first-order valence-corrected chi connectivity index (χ1v) is 4.49. The van der Waals surface area contributed by atoms with Crippen LogP contribution in [0.3, 0.4) is 0 Å². The van der Waals surface area contributed by atoms with Gasteiger partial charge in [-0.25, -0.2) is 4.98 Å². The van der Waals surface area contributed by atoms with Gasteiger partial charge in [0, 0.05) is 30.5 Å². The number of nitrogens with zero attached hydrogens (tertiary/aromatic N) is 2. The number of nitrogens with one attached hydrogen (secondary N) is 2. The molecule has 0 unspecified atom stereocenters. The van der Waals surface area contributed by atoms with E-state index in [1.807, 2.05) is 25.4 Å². The summed E-state index contributed by atoms with van der Waals surface area (Å²) >= 11 is 0. The van der Waals surface area contributed by atoms with E-state index in [1.165, 1.54) is 0 Å². The minimum Gasteiger partial charge on any atom is -0.378 e. The second-order valence-electron chi connectivity index (χ2n) is 3.08. The van der Waals surface area contributed by atoms with Gasteiger partial charge in [-0.3, -0.25) is 4.98 Å². The highest BCUT2D eigenvalue weighted by molar-refractivity contribution is 5.48. The van der Waals surface area contributed by atoms with Gasteiger partial charge in [-0.1, -0.05) is 0 Å². The van der Waals surface area contributed by atoms with Crippen LogP contribution in [0.15, 0.2) is 30.9 Å². The topological polar surface area (TPSA) is 53.6 Å². The van der Waals surface area contributed by atoms with Gasteiger partial charge in [0.1, 0.15) is 5.82 Å². The summed E-state index contributed by atoms with van der Waals surface area (Å²) in [6.45, 7) is 2.73.